The number of anilines is 1. The van der Waals surface area contributed by atoms with Crippen molar-refractivity contribution in [1.29, 1.82) is 0 Å². The maximum Gasteiger partial charge on any atom is 0.195 e. The molecule has 8 heteroatoms. The van der Waals surface area contributed by atoms with Gasteiger partial charge in [-0.05, 0) is 55.6 Å². The van der Waals surface area contributed by atoms with Gasteiger partial charge in [0, 0.05) is 18.8 Å². The molecule has 0 amide bonds. The highest BCUT2D eigenvalue weighted by Crippen LogP contribution is 2.16. The molecule has 23 heavy (non-hydrogen) atoms. The topological polar surface area (TPSA) is 66.9 Å². The van der Waals surface area contributed by atoms with E-state index in [-0.39, 0.29) is 0 Å². The maximum absolute atomic E-state index is 5.73. The van der Waals surface area contributed by atoms with E-state index >= 15 is 0 Å². The third kappa shape index (κ3) is 4.90. The fourth-order valence-corrected chi connectivity index (χ4v) is 2.39. The van der Waals surface area contributed by atoms with E-state index in [4.69, 9.17) is 29.2 Å². The van der Waals surface area contributed by atoms with Gasteiger partial charge in [0.1, 0.15) is 12.4 Å². The Balaban J connectivity index is 1.91. The van der Waals surface area contributed by atoms with Crippen LogP contribution in [0.25, 0.3) is 0 Å². The van der Waals surface area contributed by atoms with Crippen LogP contribution in [0.4, 0.5) is 5.69 Å². The van der Waals surface area contributed by atoms with Gasteiger partial charge in [0.15, 0.2) is 15.7 Å². The van der Waals surface area contributed by atoms with Gasteiger partial charge in [0.25, 0.3) is 0 Å². The highest BCUT2D eigenvalue weighted by molar-refractivity contribution is 7.80. The lowest BCUT2D eigenvalue weighted by Crippen LogP contribution is -2.28. The van der Waals surface area contributed by atoms with E-state index in [1.54, 1.807) is 6.08 Å². The van der Waals surface area contributed by atoms with E-state index in [1.807, 2.05) is 35.8 Å². The minimum atomic E-state index is 0.354. The molecule has 0 fully saturated rings. The van der Waals surface area contributed by atoms with Crippen molar-refractivity contribution < 1.29 is 4.74 Å². The zero-order valence-corrected chi connectivity index (χ0v) is 14.5. The summed E-state index contributed by atoms with van der Waals surface area (Å²) in [6, 6.07) is 7.54. The summed E-state index contributed by atoms with van der Waals surface area (Å²) >= 11 is 10.3. The summed E-state index contributed by atoms with van der Waals surface area (Å²) < 4.78 is 8.23. The number of rotatable bonds is 7. The highest BCUT2D eigenvalue weighted by Gasteiger charge is 2.05. The number of nitrogens with zero attached hydrogens (tertiary/aromatic N) is 2. The van der Waals surface area contributed by atoms with E-state index < -0.39 is 0 Å². The van der Waals surface area contributed by atoms with Crippen molar-refractivity contribution in [3.8, 4) is 5.75 Å². The van der Waals surface area contributed by atoms with Crippen LogP contribution in [0.1, 0.15) is 12.7 Å². The first-order chi connectivity index (χ1) is 11.1. The predicted molar refractivity (Wildman–Crippen MR) is 98.3 cm³/mol. The predicted octanol–water partition coefficient (Wildman–Crippen LogP) is 3.01. The minimum Gasteiger partial charge on any atom is -0.486 e. The molecule has 0 atom stereocenters. The molecule has 0 aliphatic heterocycles. The second-order valence-corrected chi connectivity index (χ2v) is 5.42. The SMILES string of the molecule is C=CCNC(=S)Nc1ccc(OCc2n[nH]c(=S)n2CC)cc1. The Hall–Kier alpha value is -2.19. The second kappa shape index (κ2) is 8.44. The fourth-order valence-electron chi connectivity index (χ4n) is 1.91. The lowest BCUT2D eigenvalue weighted by molar-refractivity contribution is 0.289. The minimum absolute atomic E-state index is 0.354. The number of H-pyrrole nitrogens is 1. The first kappa shape index (κ1) is 17.2. The second-order valence-electron chi connectivity index (χ2n) is 4.63. The summed E-state index contributed by atoms with van der Waals surface area (Å²) in [5.41, 5.74) is 0.884. The molecular formula is C15H19N5OS2. The van der Waals surface area contributed by atoms with Crippen molar-refractivity contribution in [2.45, 2.75) is 20.1 Å². The number of nitrogens with one attached hydrogen (secondary N) is 3. The number of hydrogen-bond donors (Lipinski definition) is 3. The molecule has 2 rings (SSSR count). The summed E-state index contributed by atoms with van der Waals surface area (Å²) in [6.07, 6.45) is 1.75. The monoisotopic (exact) mass is 349 g/mol. The lowest BCUT2D eigenvalue weighted by Gasteiger charge is -2.10. The Morgan fingerprint density at radius 1 is 1.43 bits per heavy atom. The number of aromatic amines is 1. The number of benzene rings is 1. The van der Waals surface area contributed by atoms with E-state index in [1.165, 1.54) is 0 Å². The molecule has 0 saturated carbocycles. The van der Waals surface area contributed by atoms with E-state index in [9.17, 15) is 0 Å². The smallest absolute Gasteiger partial charge is 0.195 e. The molecule has 0 aliphatic carbocycles. The lowest BCUT2D eigenvalue weighted by atomic mass is 10.3. The standard InChI is InChI=1S/C15H19N5OS2/c1-3-9-16-14(22)17-11-5-7-12(8-6-11)21-10-13-18-19-15(23)20(13)4-2/h3,5-8H,1,4,9-10H2,2H3,(H,19,23)(H2,16,17,22). The zero-order valence-electron chi connectivity index (χ0n) is 12.8. The average molecular weight is 349 g/mol. The molecule has 0 unspecified atom stereocenters. The zero-order chi connectivity index (χ0) is 16.7. The third-order valence-electron chi connectivity index (χ3n) is 3.04. The van der Waals surface area contributed by atoms with Crippen molar-refractivity contribution in [2.24, 2.45) is 0 Å². The highest BCUT2D eigenvalue weighted by atomic mass is 32.1. The fraction of sp³-hybridized carbons (Fsp3) is 0.267. The van der Waals surface area contributed by atoms with Crippen LogP contribution in [-0.2, 0) is 13.2 Å². The molecule has 6 nitrogen and oxygen atoms in total. The van der Waals surface area contributed by atoms with E-state index in [0.29, 0.717) is 23.0 Å². The van der Waals surface area contributed by atoms with Crippen molar-refractivity contribution in [3.63, 3.8) is 0 Å². The Bertz CT molecular complexity index is 720. The maximum atomic E-state index is 5.73. The molecule has 122 valence electrons. The number of thiocarbonyl (C=S) groups is 1. The summed E-state index contributed by atoms with van der Waals surface area (Å²) in [6.45, 7) is 7.38. The van der Waals surface area contributed by atoms with Gasteiger partial charge in [0.05, 0.1) is 0 Å². The van der Waals surface area contributed by atoms with Crippen LogP contribution in [-0.4, -0.2) is 26.4 Å². The van der Waals surface area contributed by atoms with Gasteiger partial charge in [-0.2, -0.15) is 5.10 Å². The molecule has 1 heterocycles. The van der Waals surface area contributed by atoms with Crippen molar-refractivity contribution in [1.82, 2.24) is 20.1 Å². The molecule has 0 aliphatic rings. The van der Waals surface area contributed by atoms with Crippen LogP contribution in [0.2, 0.25) is 0 Å². The van der Waals surface area contributed by atoms with Crippen LogP contribution in [0.15, 0.2) is 36.9 Å². The first-order valence-corrected chi connectivity index (χ1v) is 7.98. The summed E-state index contributed by atoms with van der Waals surface area (Å²) in [5, 5.41) is 13.6. The van der Waals surface area contributed by atoms with Crippen LogP contribution >= 0.6 is 24.4 Å². The van der Waals surface area contributed by atoms with Crippen LogP contribution in [0.5, 0.6) is 5.75 Å². The summed E-state index contributed by atoms with van der Waals surface area (Å²) in [7, 11) is 0. The normalized spacial score (nSPS) is 10.1. The molecule has 2 aromatic rings. The summed E-state index contributed by atoms with van der Waals surface area (Å²) in [4.78, 5) is 0. The van der Waals surface area contributed by atoms with Gasteiger partial charge in [-0.3, -0.25) is 5.10 Å². The number of aromatic nitrogens is 3. The first-order valence-electron chi connectivity index (χ1n) is 7.16. The molecule has 0 bridgehead atoms. The molecule has 0 saturated heterocycles. The molecule has 0 radical (unpaired) electrons. The molecule has 1 aromatic carbocycles. The molecule has 0 spiro atoms. The van der Waals surface area contributed by atoms with Crippen LogP contribution in [0.3, 0.4) is 0 Å². The van der Waals surface area contributed by atoms with Crippen molar-refractivity contribution in [2.75, 3.05) is 11.9 Å². The van der Waals surface area contributed by atoms with Gasteiger partial charge in [-0.15, -0.1) is 6.58 Å². The van der Waals surface area contributed by atoms with Crippen LogP contribution < -0.4 is 15.4 Å². The van der Waals surface area contributed by atoms with Gasteiger partial charge >= 0.3 is 0 Å². The van der Waals surface area contributed by atoms with Crippen molar-refractivity contribution >= 4 is 35.2 Å². The average Bonchev–Trinajstić information content (AvgIpc) is 2.92. The third-order valence-corrected chi connectivity index (χ3v) is 3.60. The number of ether oxygens (including phenoxy) is 1. The van der Waals surface area contributed by atoms with Crippen LogP contribution in [0, 0.1) is 4.77 Å². The van der Waals surface area contributed by atoms with Gasteiger partial charge < -0.3 is 19.9 Å². The van der Waals surface area contributed by atoms with Gasteiger partial charge in [-0.1, -0.05) is 6.08 Å². The quantitative estimate of drug-likeness (QED) is 0.527. The largest absolute Gasteiger partial charge is 0.486 e. The molecule has 1 aromatic heterocycles. The molecule has 3 N–H and O–H groups in total. The Kier molecular flexibility index (Phi) is 6.30. The Labute approximate surface area is 145 Å². The molecular weight excluding hydrogens is 330 g/mol. The van der Waals surface area contributed by atoms with Gasteiger partial charge in [0.2, 0.25) is 0 Å². The van der Waals surface area contributed by atoms with Gasteiger partial charge in [-0.25, -0.2) is 0 Å². The van der Waals surface area contributed by atoms with Crippen molar-refractivity contribution in [3.05, 3.63) is 47.5 Å². The van der Waals surface area contributed by atoms with E-state index in [0.717, 1.165) is 23.8 Å². The number of hydrogen-bond acceptors (Lipinski definition) is 4. The van der Waals surface area contributed by atoms with E-state index in [2.05, 4.69) is 27.4 Å². The Morgan fingerprint density at radius 3 is 2.83 bits per heavy atom. The summed E-state index contributed by atoms with van der Waals surface area (Å²) in [5.74, 6) is 1.52. The Morgan fingerprint density at radius 2 is 2.17 bits per heavy atom.